The van der Waals surface area contributed by atoms with Gasteiger partial charge in [-0.05, 0) is 30.5 Å². The normalized spacial score (nSPS) is 17.2. The van der Waals surface area contributed by atoms with E-state index in [-0.39, 0.29) is 17.5 Å². The van der Waals surface area contributed by atoms with Gasteiger partial charge in [-0.25, -0.2) is 4.98 Å². The van der Waals surface area contributed by atoms with Gasteiger partial charge in [0, 0.05) is 64.7 Å². The van der Waals surface area contributed by atoms with Gasteiger partial charge in [0.05, 0.1) is 10.9 Å². The van der Waals surface area contributed by atoms with Gasteiger partial charge in [-0.1, -0.05) is 42.5 Å². The van der Waals surface area contributed by atoms with Crippen molar-refractivity contribution in [1.82, 2.24) is 24.7 Å². The molecular weight excluding hydrogens is 426 g/mol. The van der Waals surface area contributed by atoms with Gasteiger partial charge in [-0.2, -0.15) is 0 Å². The summed E-state index contributed by atoms with van der Waals surface area (Å²) in [5.41, 5.74) is 2.09. The molecule has 0 spiro atoms. The van der Waals surface area contributed by atoms with Crippen molar-refractivity contribution in [2.24, 2.45) is 0 Å². The highest BCUT2D eigenvalue weighted by Gasteiger charge is 2.28. The quantitative estimate of drug-likeness (QED) is 0.533. The number of aryl methyl sites for hydroxylation is 1. The molecule has 0 bridgehead atoms. The summed E-state index contributed by atoms with van der Waals surface area (Å²) in [6.07, 6.45) is 2.86. The van der Waals surface area contributed by atoms with Crippen LogP contribution in [0.25, 0.3) is 10.9 Å². The van der Waals surface area contributed by atoms with Gasteiger partial charge in [0.1, 0.15) is 5.82 Å². The van der Waals surface area contributed by atoms with Gasteiger partial charge >= 0.3 is 0 Å². The van der Waals surface area contributed by atoms with Crippen LogP contribution in [0.1, 0.15) is 36.7 Å². The molecule has 3 aromatic rings. The predicted octanol–water partition coefficient (Wildman–Crippen LogP) is 2.60. The topological polar surface area (TPSA) is 70.5 Å². The number of fused-ring (bicyclic) bond motifs is 1. The molecule has 7 nitrogen and oxygen atoms in total. The molecule has 2 aromatic carbocycles. The molecule has 1 aliphatic heterocycles. The largest absolute Gasteiger partial charge is 0.355 e. The minimum atomic E-state index is 0.0208. The summed E-state index contributed by atoms with van der Waals surface area (Å²) in [6, 6.07) is 18.3. The van der Waals surface area contributed by atoms with Crippen LogP contribution < -0.4 is 10.9 Å². The molecule has 0 unspecified atom stereocenters. The minimum Gasteiger partial charge on any atom is -0.355 e. The lowest BCUT2D eigenvalue weighted by Crippen LogP contribution is -2.48. The maximum atomic E-state index is 13.0. The molecule has 0 radical (unpaired) electrons. The van der Waals surface area contributed by atoms with Crippen molar-refractivity contribution in [1.29, 1.82) is 0 Å². The zero-order valence-corrected chi connectivity index (χ0v) is 19.7. The molecule has 1 saturated heterocycles. The Labute approximate surface area is 200 Å². The molecule has 1 aromatic heterocycles. The third kappa shape index (κ3) is 5.54. The molecule has 1 aliphatic carbocycles. The number of nitrogens with one attached hydrogen (secondary N) is 1. The predicted molar refractivity (Wildman–Crippen MR) is 134 cm³/mol. The van der Waals surface area contributed by atoms with Crippen molar-refractivity contribution in [2.75, 3.05) is 39.3 Å². The van der Waals surface area contributed by atoms with Crippen molar-refractivity contribution in [2.45, 2.75) is 38.3 Å². The van der Waals surface area contributed by atoms with Crippen LogP contribution in [-0.2, 0) is 17.8 Å². The van der Waals surface area contributed by atoms with Crippen molar-refractivity contribution < 1.29 is 4.79 Å². The number of hydrogen-bond donors (Lipinski definition) is 1. The van der Waals surface area contributed by atoms with Gasteiger partial charge in [-0.3, -0.25) is 24.0 Å². The second kappa shape index (κ2) is 10.5. The van der Waals surface area contributed by atoms with Crippen molar-refractivity contribution in [3.8, 4) is 0 Å². The van der Waals surface area contributed by atoms with Crippen LogP contribution in [-0.4, -0.2) is 64.5 Å². The highest BCUT2D eigenvalue weighted by Crippen LogP contribution is 2.34. The number of carbonyl (C=O) groups is 1. The first-order valence-electron chi connectivity index (χ1n) is 12.4. The number of amides is 1. The molecule has 5 rings (SSSR count). The maximum Gasteiger partial charge on any atom is 0.261 e. The summed E-state index contributed by atoms with van der Waals surface area (Å²) < 4.78 is 1.82. The molecule has 1 N–H and O–H groups in total. The second-order valence-corrected chi connectivity index (χ2v) is 9.40. The van der Waals surface area contributed by atoms with E-state index in [1.807, 2.05) is 28.8 Å². The zero-order chi connectivity index (χ0) is 23.3. The lowest BCUT2D eigenvalue weighted by Gasteiger charge is -2.34. The Morgan fingerprint density at radius 2 is 1.65 bits per heavy atom. The number of piperazine rings is 1. The van der Waals surface area contributed by atoms with Crippen LogP contribution in [0.5, 0.6) is 0 Å². The van der Waals surface area contributed by atoms with Crippen molar-refractivity contribution in [3.05, 3.63) is 76.3 Å². The van der Waals surface area contributed by atoms with E-state index < -0.39 is 0 Å². The van der Waals surface area contributed by atoms with E-state index >= 15 is 0 Å². The van der Waals surface area contributed by atoms with E-state index in [0.717, 1.165) is 57.9 Å². The SMILES string of the molecule is O=C(CCc1nc2ccccc2c(=O)n1C1CC1)NCCN1CCN(Cc2ccccc2)CC1. The molecule has 2 fully saturated rings. The van der Waals surface area contributed by atoms with Crippen molar-refractivity contribution in [3.63, 3.8) is 0 Å². The fourth-order valence-electron chi connectivity index (χ4n) is 4.76. The lowest BCUT2D eigenvalue weighted by molar-refractivity contribution is -0.121. The summed E-state index contributed by atoms with van der Waals surface area (Å²) in [5.74, 6) is 0.753. The number of aromatic nitrogens is 2. The van der Waals surface area contributed by atoms with Crippen LogP contribution >= 0.6 is 0 Å². The number of benzene rings is 2. The van der Waals surface area contributed by atoms with Gasteiger partial charge in [0.15, 0.2) is 0 Å². The van der Waals surface area contributed by atoms with E-state index in [9.17, 15) is 9.59 Å². The highest BCUT2D eigenvalue weighted by atomic mass is 16.1. The first-order valence-corrected chi connectivity index (χ1v) is 12.4. The Balaban J connectivity index is 1.07. The number of hydrogen-bond acceptors (Lipinski definition) is 5. The van der Waals surface area contributed by atoms with E-state index in [2.05, 4.69) is 45.4 Å². The Kier molecular flexibility index (Phi) is 7.02. The van der Waals surface area contributed by atoms with Gasteiger partial charge in [0.25, 0.3) is 5.56 Å². The zero-order valence-electron chi connectivity index (χ0n) is 19.7. The summed E-state index contributed by atoms with van der Waals surface area (Å²) in [5, 5.41) is 3.72. The highest BCUT2D eigenvalue weighted by molar-refractivity contribution is 5.78. The van der Waals surface area contributed by atoms with E-state index in [4.69, 9.17) is 4.98 Å². The third-order valence-electron chi connectivity index (χ3n) is 6.83. The van der Waals surface area contributed by atoms with E-state index in [0.29, 0.717) is 30.3 Å². The smallest absolute Gasteiger partial charge is 0.261 e. The number of nitrogens with zero attached hydrogens (tertiary/aromatic N) is 4. The molecule has 34 heavy (non-hydrogen) atoms. The number of rotatable bonds is 9. The Bertz CT molecular complexity index is 1180. The fraction of sp³-hybridized carbons (Fsp3) is 0.444. The first kappa shape index (κ1) is 22.7. The molecule has 178 valence electrons. The van der Waals surface area contributed by atoms with Crippen LogP contribution in [0.15, 0.2) is 59.4 Å². The summed E-state index contributed by atoms with van der Waals surface area (Å²) >= 11 is 0. The molecule has 0 atom stereocenters. The van der Waals surface area contributed by atoms with Gasteiger partial charge in [0.2, 0.25) is 5.91 Å². The second-order valence-electron chi connectivity index (χ2n) is 9.40. The Hall–Kier alpha value is -3.03. The fourth-order valence-corrected chi connectivity index (χ4v) is 4.76. The lowest BCUT2D eigenvalue weighted by atomic mass is 10.2. The molecule has 7 heteroatoms. The van der Waals surface area contributed by atoms with E-state index in [1.165, 1.54) is 5.56 Å². The standard InChI is InChI=1S/C27H33N5O2/c33-26(28-14-15-30-16-18-31(19-17-30)20-21-6-2-1-3-7-21)13-12-25-29-24-9-5-4-8-23(24)27(34)32(25)22-10-11-22/h1-9,22H,10-20H2,(H,28,33). The third-order valence-corrected chi connectivity index (χ3v) is 6.83. The first-order chi connectivity index (χ1) is 16.7. The average Bonchev–Trinajstić information content (AvgIpc) is 3.70. The van der Waals surface area contributed by atoms with Crippen molar-refractivity contribution >= 4 is 16.8 Å². The van der Waals surface area contributed by atoms with Crippen LogP contribution in [0.4, 0.5) is 0 Å². The number of carbonyl (C=O) groups excluding carboxylic acids is 1. The molecule has 1 saturated carbocycles. The van der Waals surface area contributed by atoms with Gasteiger partial charge in [-0.15, -0.1) is 0 Å². The molecular formula is C27H33N5O2. The van der Waals surface area contributed by atoms with E-state index in [1.54, 1.807) is 0 Å². The monoisotopic (exact) mass is 459 g/mol. The molecule has 1 amide bonds. The average molecular weight is 460 g/mol. The van der Waals surface area contributed by atoms with Gasteiger partial charge < -0.3 is 5.32 Å². The molecule has 2 heterocycles. The summed E-state index contributed by atoms with van der Waals surface area (Å²) in [7, 11) is 0. The van der Waals surface area contributed by atoms with Crippen LogP contribution in [0.2, 0.25) is 0 Å². The summed E-state index contributed by atoms with van der Waals surface area (Å²) in [6.45, 7) is 6.67. The van der Waals surface area contributed by atoms with Crippen LogP contribution in [0.3, 0.4) is 0 Å². The number of para-hydroxylation sites is 1. The minimum absolute atomic E-state index is 0.0208. The maximum absolute atomic E-state index is 13.0. The summed E-state index contributed by atoms with van der Waals surface area (Å²) in [4.78, 5) is 35.1. The Morgan fingerprint density at radius 1 is 0.941 bits per heavy atom. The van der Waals surface area contributed by atoms with Crippen LogP contribution in [0, 0.1) is 0 Å². The molecule has 2 aliphatic rings. The Morgan fingerprint density at radius 3 is 2.41 bits per heavy atom.